The van der Waals surface area contributed by atoms with Gasteiger partial charge in [-0.25, -0.2) is 4.98 Å². The zero-order chi connectivity index (χ0) is 18.9. The molecule has 0 fully saturated rings. The van der Waals surface area contributed by atoms with E-state index in [4.69, 9.17) is 0 Å². The van der Waals surface area contributed by atoms with Crippen molar-refractivity contribution in [3.8, 4) is 0 Å². The van der Waals surface area contributed by atoms with Crippen LogP contribution in [0.1, 0.15) is 11.3 Å². The molecule has 0 spiro atoms. The van der Waals surface area contributed by atoms with Gasteiger partial charge in [0.1, 0.15) is 5.52 Å². The van der Waals surface area contributed by atoms with Crippen molar-refractivity contribution in [3.63, 3.8) is 0 Å². The Hall–Kier alpha value is -2.75. The van der Waals surface area contributed by atoms with Gasteiger partial charge in [-0.1, -0.05) is 11.8 Å². The predicted molar refractivity (Wildman–Crippen MR) is 92.2 cm³/mol. The van der Waals surface area contributed by atoms with Crippen molar-refractivity contribution < 1.29 is 18.0 Å². The summed E-state index contributed by atoms with van der Waals surface area (Å²) in [4.78, 5) is 33.6. The number of nitrogens with zero attached hydrogens (tertiary/aromatic N) is 1. The number of alkyl halides is 3. The zero-order valence-electron chi connectivity index (χ0n) is 13.4. The first kappa shape index (κ1) is 18.1. The minimum Gasteiger partial charge on any atom is -0.353 e. The second-order valence-corrected chi connectivity index (χ2v) is 6.46. The number of amides is 1. The highest BCUT2D eigenvalue weighted by molar-refractivity contribution is 7.99. The summed E-state index contributed by atoms with van der Waals surface area (Å²) in [6.07, 6.45) is -4.43. The third-order valence-corrected chi connectivity index (χ3v) is 4.31. The van der Waals surface area contributed by atoms with Crippen LogP contribution in [0.4, 0.5) is 18.9 Å². The van der Waals surface area contributed by atoms with Crippen molar-refractivity contribution in [2.24, 2.45) is 0 Å². The molecule has 0 aliphatic carbocycles. The number of thioether (sulfide) groups is 1. The molecule has 0 radical (unpaired) electrons. The zero-order valence-corrected chi connectivity index (χ0v) is 14.2. The van der Waals surface area contributed by atoms with Crippen molar-refractivity contribution in [2.75, 3.05) is 11.1 Å². The lowest BCUT2D eigenvalue weighted by atomic mass is 10.2. The van der Waals surface area contributed by atoms with Gasteiger partial charge in [0, 0.05) is 11.4 Å². The average molecular weight is 382 g/mol. The van der Waals surface area contributed by atoms with Crippen LogP contribution in [0, 0.1) is 6.92 Å². The Bertz CT molecular complexity index is 1010. The molecule has 2 heterocycles. The van der Waals surface area contributed by atoms with E-state index < -0.39 is 17.6 Å². The molecule has 0 aliphatic heterocycles. The number of aryl methyl sites for hydroxylation is 1. The summed E-state index contributed by atoms with van der Waals surface area (Å²) in [5.74, 6) is -0.485. The summed E-state index contributed by atoms with van der Waals surface area (Å²) < 4.78 is 37.5. The number of aromatic amines is 2. The van der Waals surface area contributed by atoms with E-state index in [9.17, 15) is 22.8 Å². The molecular weight excluding hydrogens is 369 g/mol. The number of hydrogen-bond acceptors (Lipinski definition) is 4. The van der Waals surface area contributed by atoms with Crippen molar-refractivity contribution in [3.05, 3.63) is 51.9 Å². The van der Waals surface area contributed by atoms with Crippen molar-refractivity contribution in [2.45, 2.75) is 18.3 Å². The fourth-order valence-corrected chi connectivity index (χ4v) is 2.94. The Kier molecular flexibility index (Phi) is 4.77. The molecule has 10 heteroatoms. The Morgan fingerprint density at radius 2 is 1.92 bits per heavy atom. The molecular formula is C16H13F3N4O2S. The minimum absolute atomic E-state index is 0.0567. The molecule has 3 N–H and O–H groups in total. The topological polar surface area (TPSA) is 90.6 Å². The number of rotatable bonds is 4. The van der Waals surface area contributed by atoms with Gasteiger partial charge >= 0.3 is 6.18 Å². The highest BCUT2D eigenvalue weighted by atomic mass is 32.2. The molecule has 0 bridgehead atoms. The van der Waals surface area contributed by atoms with Crippen LogP contribution >= 0.6 is 11.8 Å². The normalized spacial score (nSPS) is 11.7. The van der Waals surface area contributed by atoms with Gasteiger partial charge in [0.25, 0.3) is 5.56 Å². The summed E-state index contributed by atoms with van der Waals surface area (Å²) in [6.45, 7) is 1.80. The van der Waals surface area contributed by atoms with E-state index >= 15 is 0 Å². The van der Waals surface area contributed by atoms with Gasteiger partial charge in [-0.05, 0) is 37.3 Å². The minimum atomic E-state index is -4.43. The number of fused-ring (bicyclic) bond motifs is 1. The Labute approximate surface area is 149 Å². The van der Waals surface area contributed by atoms with Gasteiger partial charge in [0.2, 0.25) is 5.91 Å². The number of carbonyl (C=O) groups excluding carboxylic acids is 1. The van der Waals surface area contributed by atoms with Crippen LogP contribution in [-0.4, -0.2) is 26.6 Å². The number of hydrogen-bond donors (Lipinski definition) is 3. The maximum Gasteiger partial charge on any atom is 0.416 e. The van der Waals surface area contributed by atoms with Crippen LogP contribution in [0.2, 0.25) is 0 Å². The number of benzene rings is 1. The molecule has 0 saturated carbocycles. The Morgan fingerprint density at radius 3 is 2.58 bits per heavy atom. The average Bonchev–Trinajstić information content (AvgIpc) is 2.93. The Morgan fingerprint density at radius 1 is 1.23 bits per heavy atom. The van der Waals surface area contributed by atoms with Crippen molar-refractivity contribution in [1.29, 1.82) is 0 Å². The molecule has 136 valence electrons. The number of anilines is 1. The van der Waals surface area contributed by atoms with Crippen molar-refractivity contribution in [1.82, 2.24) is 15.0 Å². The highest BCUT2D eigenvalue weighted by Crippen LogP contribution is 2.29. The number of aromatic nitrogens is 3. The van der Waals surface area contributed by atoms with Crippen molar-refractivity contribution >= 4 is 34.4 Å². The van der Waals surface area contributed by atoms with E-state index in [-0.39, 0.29) is 22.2 Å². The smallest absolute Gasteiger partial charge is 0.353 e. The van der Waals surface area contributed by atoms with Crippen LogP contribution in [0.3, 0.4) is 0 Å². The first-order valence-electron chi connectivity index (χ1n) is 7.42. The number of carbonyl (C=O) groups is 1. The standard InChI is InChI=1S/C16H13F3N4O2S/c1-8-6-11-13(20-8)14(25)23-15(22-11)26-7-12(24)21-10-4-2-9(3-5-10)16(17,18)19/h2-6,20H,7H2,1H3,(H,21,24)(H,22,23,25). The van der Waals surface area contributed by atoms with E-state index in [1.807, 2.05) is 0 Å². The highest BCUT2D eigenvalue weighted by Gasteiger charge is 2.29. The van der Waals surface area contributed by atoms with Gasteiger partial charge < -0.3 is 10.3 Å². The van der Waals surface area contributed by atoms with Gasteiger partial charge in [-0.2, -0.15) is 13.2 Å². The summed E-state index contributed by atoms with van der Waals surface area (Å²) in [5.41, 5.74) is 0.774. The molecule has 2 aromatic heterocycles. The van der Waals surface area contributed by atoms with Gasteiger partial charge in [-0.3, -0.25) is 14.6 Å². The van der Waals surface area contributed by atoms with E-state index in [1.165, 1.54) is 12.1 Å². The molecule has 0 saturated heterocycles. The van der Waals surface area contributed by atoms with E-state index in [0.29, 0.717) is 11.0 Å². The fraction of sp³-hybridized carbons (Fsp3) is 0.188. The molecule has 0 unspecified atom stereocenters. The van der Waals surface area contributed by atoms with Gasteiger partial charge in [-0.15, -0.1) is 0 Å². The van der Waals surface area contributed by atoms with Crippen LogP contribution in [0.25, 0.3) is 11.0 Å². The first-order valence-corrected chi connectivity index (χ1v) is 8.40. The van der Waals surface area contributed by atoms with Crippen LogP contribution in [0.15, 0.2) is 40.3 Å². The third kappa shape index (κ3) is 4.07. The molecule has 26 heavy (non-hydrogen) atoms. The molecule has 0 atom stereocenters. The van der Waals surface area contributed by atoms with E-state index in [1.54, 1.807) is 13.0 Å². The Balaban J connectivity index is 1.63. The quantitative estimate of drug-likeness (QED) is 0.477. The number of halogens is 3. The largest absolute Gasteiger partial charge is 0.416 e. The fourth-order valence-electron chi connectivity index (χ4n) is 2.27. The lowest BCUT2D eigenvalue weighted by Crippen LogP contribution is -2.15. The molecule has 1 amide bonds. The predicted octanol–water partition coefficient (Wildman–Crippen LogP) is 3.31. The lowest BCUT2D eigenvalue weighted by Gasteiger charge is -2.08. The monoisotopic (exact) mass is 382 g/mol. The first-order chi connectivity index (χ1) is 12.2. The molecule has 0 aliphatic rings. The molecule has 3 rings (SSSR count). The number of nitrogens with one attached hydrogen (secondary N) is 3. The van der Waals surface area contributed by atoms with E-state index in [2.05, 4.69) is 20.3 Å². The second kappa shape index (κ2) is 6.87. The number of H-pyrrole nitrogens is 2. The maximum absolute atomic E-state index is 12.5. The summed E-state index contributed by atoms with van der Waals surface area (Å²) in [5, 5.41) is 2.78. The molecule has 6 nitrogen and oxygen atoms in total. The van der Waals surface area contributed by atoms with Crippen LogP contribution in [0.5, 0.6) is 0 Å². The summed E-state index contributed by atoms with van der Waals surface area (Å²) in [6, 6.07) is 5.87. The van der Waals surface area contributed by atoms with Gasteiger partial charge in [0.05, 0.1) is 16.8 Å². The maximum atomic E-state index is 12.5. The summed E-state index contributed by atoms with van der Waals surface area (Å²) in [7, 11) is 0. The second-order valence-electron chi connectivity index (χ2n) is 5.50. The molecule has 1 aromatic carbocycles. The SMILES string of the molecule is Cc1cc2nc(SCC(=O)Nc3ccc(C(F)(F)F)cc3)[nH]c(=O)c2[nH]1. The van der Waals surface area contributed by atoms with Crippen LogP contribution < -0.4 is 10.9 Å². The van der Waals surface area contributed by atoms with Gasteiger partial charge in [0.15, 0.2) is 5.16 Å². The van der Waals surface area contributed by atoms with Crippen LogP contribution in [-0.2, 0) is 11.0 Å². The van der Waals surface area contributed by atoms with E-state index in [0.717, 1.165) is 29.6 Å². The summed E-state index contributed by atoms with van der Waals surface area (Å²) >= 11 is 1.02. The third-order valence-electron chi connectivity index (χ3n) is 3.44. The molecule has 3 aromatic rings. The lowest BCUT2D eigenvalue weighted by molar-refractivity contribution is -0.137.